The molecule has 2 heterocycles. The molecule has 0 saturated heterocycles. The Morgan fingerprint density at radius 2 is 2.03 bits per heavy atom. The van der Waals surface area contributed by atoms with E-state index in [1.54, 1.807) is 28.9 Å². The standard InChI is InChI=1S/C24H29N5O3S2/c1-4-25-24(17-7-10-20(11-8-17)27-34(3,31)32)29-13-5-6-19-14-18(9-12-22(19)29)21-16-33-23(15-30)28(2)26-21/h7-12,14-15,23,27H,4-6,13,16H2,1-3H3. The monoisotopic (exact) mass is 499 g/mol. The van der Waals surface area contributed by atoms with E-state index >= 15 is 0 Å². The highest BCUT2D eigenvalue weighted by molar-refractivity contribution is 8.01. The number of anilines is 2. The number of carbonyl (C=O) groups excluding carboxylic acids is 1. The van der Waals surface area contributed by atoms with Gasteiger partial charge in [-0.1, -0.05) is 6.07 Å². The van der Waals surface area contributed by atoms with Crippen LogP contribution in [0.1, 0.15) is 30.0 Å². The van der Waals surface area contributed by atoms with E-state index in [1.165, 1.54) is 5.56 Å². The lowest BCUT2D eigenvalue weighted by molar-refractivity contribution is -0.109. The molecule has 4 rings (SSSR count). The number of rotatable bonds is 6. The molecule has 0 aromatic heterocycles. The molecule has 180 valence electrons. The molecule has 10 heteroatoms. The van der Waals surface area contributed by atoms with E-state index in [9.17, 15) is 13.2 Å². The summed E-state index contributed by atoms with van der Waals surface area (Å²) in [6.45, 7) is 3.51. The molecular formula is C24H29N5O3S2. The van der Waals surface area contributed by atoms with Crippen molar-refractivity contribution in [1.29, 1.82) is 0 Å². The topological polar surface area (TPSA) is 94.4 Å². The summed E-state index contributed by atoms with van der Waals surface area (Å²) in [7, 11) is -1.50. The van der Waals surface area contributed by atoms with Gasteiger partial charge in [-0.05, 0) is 67.3 Å². The van der Waals surface area contributed by atoms with Crippen LogP contribution >= 0.6 is 11.8 Å². The molecule has 2 aliphatic heterocycles. The van der Waals surface area contributed by atoms with Gasteiger partial charge in [-0.3, -0.25) is 14.7 Å². The Morgan fingerprint density at radius 3 is 2.68 bits per heavy atom. The zero-order valence-corrected chi connectivity index (χ0v) is 21.2. The van der Waals surface area contributed by atoms with Crippen molar-refractivity contribution in [2.24, 2.45) is 10.1 Å². The third-order valence-corrected chi connectivity index (χ3v) is 7.50. The summed E-state index contributed by atoms with van der Waals surface area (Å²) in [6.07, 6.45) is 4.04. The number of aryl methyl sites for hydroxylation is 1. The highest BCUT2D eigenvalue weighted by atomic mass is 32.2. The maximum absolute atomic E-state index is 11.5. The predicted molar refractivity (Wildman–Crippen MR) is 141 cm³/mol. The number of fused-ring (bicyclic) bond motifs is 1. The summed E-state index contributed by atoms with van der Waals surface area (Å²) in [6, 6.07) is 13.8. The van der Waals surface area contributed by atoms with Crippen molar-refractivity contribution in [2.45, 2.75) is 25.1 Å². The average molecular weight is 500 g/mol. The van der Waals surface area contributed by atoms with Crippen LogP contribution in [0.4, 0.5) is 11.4 Å². The average Bonchev–Trinajstić information content (AvgIpc) is 2.81. The highest BCUT2D eigenvalue weighted by Crippen LogP contribution is 2.31. The molecule has 1 atom stereocenters. The van der Waals surface area contributed by atoms with E-state index in [4.69, 9.17) is 4.99 Å². The third-order valence-electron chi connectivity index (χ3n) is 5.70. The van der Waals surface area contributed by atoms with Gasteiger partial charge in [0.1, 0.15) is 11.2 Å². The number of carbonyl (C=O) groups is 1. The summed E-state index contributed by atoms with van der Waals surface area (Å²) in [4.78, 5) is 18.2. The SMILES string of the molecule is CCN=C(c1ccc(NS(C)(=O)=O)cc1)N1CCCc2cc(C3=NN(C)C(C=O)SC3)ccc21. The molecule has 1 unspecified atom stereocenters. The number of benzene rings is 2. The molecule has 0 saturated carbocycles. The molecule has 0 aliphatic carbocycles. The second kappa shape index (κ2) is 10.2. The van der Waals surface area contributed by atoms with Crippen LogP contribution < -0.4 is 9.62 Å². The van der Waals surface area contributed by atoms with Crippen molar-refractivity contribution in [3.63, 3.8) is 0 Å². The van der Waals surface area contributed by atoms with Crippen LogP contribution in [0.2, 0.25) is 0 Å². The maximum Gasteiger partial charge on any atom is 0.229 e. The maximum atomic E-state index is 11.5. The van der Waals surface area contributed by atoms with Crippen molar-refractivity contribution in [2.75, 3.05) is 41.8 Å². The van der Waals surface area contributed by atoms with Crippen molar-refractivity contribution in [1.82, 2.24) is 5.01 Å². The smallest absolute Gasteiger partial charge is 0.229 e. The number of amidine groups is 1. The van der Waals surface area contributed by atoms with E-state index in [2.05, 4.69) is 32.9 Å². The zero-order valence-electron chi connectivity index (χ0n) is 19.6. The third kappa shape index (κ3) is 5.44. The number of aldehydes is 1. The number of hydrogen-bond donors (Lipinski definition) is 1. The number of thioether (sulfide) groups is 1. The van der Waals surface area contributed by atoms with Crippen LogP contribution in [0, 0.1) is 0 Å². The van der Waals surface area contributed by atoms with E-state index in [1.807, 2.05) is 26.1 Å². The van der Waals surface area contributed by atoms with E-state index in [-0.39, 0.29) is 5.37 Å². The Balaban J connectivity index is 1.63. The fourth-order valence-corrected chi connectivity index (χ4v) is 5.66. The Morgan fingerprint density at radius 1 is 1.26 bits per heavy atom. The first-order valence-corrected chi connectivity index (χ1v) is 14.1. The number of hydrogen-bond acceptors (Lipinski definition) is 7. The number of aliphatic imine (C=N–C) groups is 1. The van der Waals surface area contributed by atoms with Crippen LogP contribution in [0.5, 0.6) is 0 Å². The summed E-state index contributed by atoms with van der Waals surface area (Å²) < 4.78 is 25.6. The minimum absolute atomic E-state index is 0.233. The second-order valence-corrected chi connectivity index (χ2v) is 11.2. The molecule has 0 bridgehead atoms. The van der Waals surface area contributed by atoms with Gasteiger partial charge in [0, 0.05) is 42.8 Å². The minimum atomic E-state index is -3.32. The van der Waals surface area contributed by atoms with Gasteiger partial charge in [0.15, 0.2) is 6.29 Å². The Bertz CT molecular complexity index is 1230. The van der Waals surface area contributed by atoms with E-state index in [0.717, 1.165) is 60.3 Å². The van der Waals surface area contributed by atoms with Gasteiger partial charge in [-0.2, -0.15) is 5.10 Å². The molecule has 2 aromatic carbocycles. The number of likely N-dealkylation sites (N-methyl/N-ethyl adjacent to an activating group) is 1. The van der Waals surface area contributed by atoms with Gasteiger partial charge in [0.25, 0.3) is 0 Å². The van der Waals surface area contributed by atoms with Crippen molar-refractivity contribution in [3.8, 4) is 0 Å². The largest absolute Gasteiger partial charge is 0.326 e. The Kier molecular flexibility index (Phi) is 7.27. The summed E-state index contributed by atoms with van der Waals surface area (Å²) in [5.41, 5.74) is 5.89. The quantitative estimate of drug-likeness (QED) is 0.373. The van der Waals surface area contributed by atoms with Gasteiger partial charge in [0.05, 0.1) is 12.0 Å². The molecule has 2 aliphatic rings. The zero-order chi connectivity index (χ0) is 24.3. The molecule has 0 amide bonds. The first kappa shape index (κ1) is 24.3. The minimum Gasteiger partial charge on any atom is -0.326 e. The van der Waals surface area contributed by atoms with Crippen LogP contribution in [-0.2, 0) is 21.2 Å². The van der Waals surface area contributed by atoms with Crippen LogP contribution in [0.3, 0.4) is 0 Å². The number of nitrogens with one attached hydrogen (secondary N) is 1. The van der Waals surface area contributed by atoms with Crippen molar-refractivity contribution < 1.29 is 13.2 Å². The molecule has 2 aromatic rings. The lowest BCUT2D eigenvalue weighted by atomic mass is 9.97. The van der Waals surface area contributed by atoms with Crippen LogP contribution in [0.25, 0.3) is 0 Å². The molecule has 0 radical (unpaired) electrons. The number of hydrazone groups is 1. The van der Waals surface area contributed by atoms with E-state index < -0.39 is 10.0 Å². The molecule has 34 heavy (non-hydrogen) atoms. The molecular weight excluding hydrogens is 470 g/mol. The lowest BCUT2D eigenvalue weighted by Crippen LogP contribution is -2.36. The fourth-order valence-electron chi connectivity index (χ4n) is 4.20. The van der Waals surface area contributed by atoms with Gasteiger partial charge < -0.3 is 9.69 Å². The lowest BCUT2D eigenvalue weighted by Gasteiger charge is -2.33. The number of nitrogens with zero attached hydrogens (tertiary/aromatic N) is 4. The Hall–Kier alpha value is -2.85. The van der Waals surface area contributed by atoms with Gasteiger partial charge >= 0.3 is 0 Å². The molecule has 1 N–H and O–H groups in total. The molecule has 8 nitrogen and oxygen atoms in total. The van der Waals surface area contributed by atoms with Gasteiger partial charge in [0.2, 0.25) is 10.0 Å². The van der Waals surface area contributed by atoms with Gasteiger partial charge in [-0.25, -0.2) is 8.42 Å². The first-order chi connectivity index (χ1) is 16.3. The van der Waals surface area contributed by atoms with Crippen LogP contribution in [0.15, 0.2) is 52.6 Å². The second-order valence-electron chi connectivity index (χ2n) is 8.31. The Labute approximate surface area is 205 Å². The highest BCUT2D eigenvalue weighted by Gasteiger charge is 2.25. The number of sulfonamides is 1. The summed E-state index contributed by atoms with van der Waals surface area (Å²) in [5, 5.41) is 6.12. The summed E-state index contributed by atoms with van der Waals surface area (Å²) in [5.74, 6) is 1.58. The molecule has 0 fully saturated rings. The van der Waals surface area contributed by atoms with Gasteiger partial charge in [-0.15, -0.1) is 11.8 Å². The predicted octanol–water partition coefficient (Wildman–Crippen LogP) is 3.19. The molecule has 0 spiro atoms. The fraction of sp³-hybridized carbons (Fsp3) is 0.375. The first-order valence-electron chi connectivity index (χ1n) is 11.2. The normalized spacial score (nSPS) is 18.9. The van der Waals surface area contributed by atoms with Crippen molar-refractivity contribution >= 4 is 51.0 Å². The summed E-state index contributed by atoms with van der Waals surface area (Å²) >= 11 is 1.58. The van der Waals surface area contributed by atoms with E-state index in [0.29, 0.717) is 18.0 Å². The van der Waals surface area contributed by atoms with Crippen molar-refractivity contribution in [3.05, 3.63) is 59.2 Å². The van der Waals surface area contributed by atoms with Crippen LogP contribution in [-0.4, -0.2) is 68.8 Å².